The van der Waals surface area contributed by atoms with Gasteiger partial charge in [-0.25, -0.2) is 14.6 Å². The van der Waals surface area contributed by atoms with Gasteiger partial charge in [-0.05, 0) is 44.9 Å². The van der Waals surface area contributed by atoms with Crippen LogP contribution in [0.5, 0.6) is 0 Å². The summed E-state index contributed by atoms with van der Waals surface area (Å²) in [5.41, 5.74) is 2.14. The van der Waals surface area contributed by atoms with E-state index in [-0.39, 0.29) is 11.6 Å². The fraction of sp³-hybridized carbons (Fsp3) is 0.409. The molecule has 8 heteroatoms. The lowest BCUT2D eigenvalue weighted by atomic mass is 10.0. The van der Waals surface area contributed by atoms with Crippen LogP contribution in [0.15, 0.2) is 41.3 Å². The van der Waals surface area contributed by atoms with Crippen molar-refractivity contribution in [3.63, 3.8) is 0 Å². The first kappa shape index (κ1) is 20.6. The molecule has 1 aromatic carbocycles. The topological polar surface area (TPSA) is 85.0 Å². The second kappa shape index (κ2) is 7.89. The van der Waals surface area contributed by atoms with Crippen LogP contribution in [0.1, 0.15) is 38.3 Å². The minimum Gasteiger partial charge on any atom is -0.388 e. The molecule has 4 rings (SSSR count). The van der Waals surface area contributed by atoms with Gasteiger partial charge in [-0.1, -0.05) is 29.8 Å². The van der Waals surface area contributed by atoms with E-state index in [1.807, 2.05) is 41.9 Å². The molecule has 1 atom stereocenters. The highest BCUT2D eigenvalue weighted by Gasteiger charge is 2.27. The summed E-state index contributed by atoms with van der Waals surface area (Å²) in [5, 5.41) is 14.0. The lowest BCUT2D eigenvalue weighted by Crippen LogP contribution is -2.39. The smallest absolute Gasteiger partial charge is 0.270 e. The van der Waals surface area contributed by atoms with Gasteiger partial charge >= 0.3 is 0 Å². The molecule has 0 aliphatic carbocycles. The van der Waals surface area contributed by atoms with Crippen molar-refractivity contribution >= 4 is 17.5 Å². The summed E-state index contributed by atoms with van der Waals surface area (Å²) in [6.45, 7) is 6.80. The first-order chi connectivity index (χ1) is 14.3. The third-order valence-electron chi connectivity index (χ3n) is 5.70. The quantitative estimate of drug-likeness (QED) is 0.630. The lowest BCUT2D eigenvalue weighted by Gasteiger charge is -2.26. The fourth-order valence-corrected chi connectivity index (χ4v) is 3.88. The van der Waals surface area contributed by atoms with Gasteiger partial charge in [0.05, 0.1) is 28.6 Å². The Hall–Kier alpha value is -2.64. The monoisotopic (exact) mass is 427 g/mol. The molecule has 0 bridgehead atoms. The van der Waals surface area contributed by atoms with Crippen molar-refractivity contribution in [2.45, 2.75) is 58.3 Å². The Bertz CT molecular complexity index is 1130. The van der Waals surface area contributed by atoms with Crippen molar-refractivity contribution in [2.75, 3.05) is 5.32 Å². The van der Waals surface area contributed by atoms with Gasteiger partial charge in [-0.15, -0.1) is 0 Å². The maximum atomic E-state index is 13.2. The van der Waals surface area contributed by atoms with E-state index in [9.17, 15) is 9.90 Å². The number of nitrogens with zero attached hydrogens (tertiary/aromatic N) is 4. The number of hydrogen-bond donors (Lipinski definition) is 2. The van der Waals surface area contributed by atoms with E-state index >= 15 is 0 Å². The van der Waals surface area contributed by atoms with Crippen LogP contribution in [-0.4, -0.2) is 36.1 Å². The molecular formula is C22H26ClN5O2. The van der Waals surface area contributed by atoms with E-state index in [0.717, 1.165) is 24.2 Å². The standard InChI is InChI=1S/C22H26ClN5O2/c1-14(22(2,3)30)25-21-24-10-9-18(26-21)19-16(13-15-7-4-5-8-17(15)23)20(29)28-12-6-11-27(19)28/h4-5,7-10,14,30H,6,11-13H2,1-3H3,(H,24,25,26). The molecule has 0 saturated carbocycles. The number of aromatic nitrogens is 4. The molecular weight excluding hydrogens is 402 g/mol. The van der Waals surface area contributed by atoms with Crippen LogP contribution in [0.3, 0.4) is 0 Å². The lowest BCUT2D eigenvalue weighted by molar-refractivity contribution is 0.0646. The van der Waals surface area contributed by atoms with Crippen molar-refractivity contribution in [3.05, 3.63) is 63.0 Å². The van der Waals surface area contributed by atoms with E-state index in [1.54, 1.807) is 24.7 Å². The van der Waals surface area contributed by atoms with E-state index in [4.69, 9.17) is 11.6 Å². The zero-order chi connectivity index (χ0) is 21.5. The molecule has 1 aliphatic heterocycles. The second-order valence-electron chi connectivity index (χ2n) is 8.29. The molecule has 0 saturated heterocycles. The molecule has 1 aliphatic rings. The van der Waals surface area contributed by atoms with Crippen LogP contribution in [0.4, 0.5) is 5.95 Å². The number of nitrogens with one attached hydrogen (secondary N) is 1. The highest BCUT2D eigenvalue weighted by atomic mass is 35.5. The van der Waals surface area contributed by atoms with Crippen LogP contribution in [-0.2, 0) is 19.5 Å². The van der Waals surface area contributed by atoms with Gasteiger partial charge in [0.25, 0.3) is 5.56 Å². The van der Waals surface area contributed by atoms with Gasteiger partial charge in [-0.3, -0.25) is 9.48 Å². The molecule has 3 heterocycles. The molecule has 2 N–H and O–H groups in total. The summed E-state index contributed by atoms with van der Waals surface area (Å²) in [4.78, 5) is 22.1. The van der Waals surface area contributed by atoms with Crippen LogP contribution in [0.2, 0.25) is 5.02 Å². The van der Waals surface area contributed by atoms with Gasteiger partial charge in [0.2, 0.25) is 5.95 Å². The highest BCUT2D eigenvalue weighted by Crippen LogP contribution is 2.28. The number of aliphatic hydroxyl groups is 1. The third-order valence-corrected chi connectivity index (χ3v) is 6.07. The first-order valence-corrected chi connectivity index (χ1v) is 10.5. The number of anilines is 1. The largest absolute Gasteiger partial charge is 0.388 e. The number of rotatable bonds is 6. The summed E-state index contributed by atoms with van der Waals surface area (Å²) >= 11 is 6.37. The van der Waals surface area contributed by atoms with Crippen molar-refractivity contribution in [2.24, 2.45) is 0 Å². The zero-order valence-electron chi connectivity index (χ0n) is 17.4. The average molecular weight is 428 g/mol. The molecule has 0 spiro atoms. The molecule has 7 nitrogen and oxygen atoms in total. The Balaban J connectivity index is 1.78. The molecule has 0 fully saturated rings. The molecule has 158 valence electrons. The summed E-state index contributed by atoms with van der Waals surface area (Å²) < 4.78 is 3.80. The van der Waals surface area contributed by atoms with Crippen molar-refractivity contribution in [3.8, 4) is 11.4 Å². The summed E-state index contributed by atoms with van der Waals surface area (Å²) in [6.07, 6.45) is 3.03. The number of benzene rings is 1. The summed E-state index contributed by atoms with van der Waals surface area (Å²) in [7, 11) is 0. The van der Waals surface area contributed by atoms with Crippen molar-refractivity contribution in [1.29, 1.82) is 0 Å². The van der Waals surface area contributed by atoms with Gasteiger partial charge < -0.3 is 10.4 Å². The SMILES string of the molecule is CC(Nc1nccc(-c2c(Cc3ccccc3Cl)c(=O)n3n2CCC3)n1)C(C)(C)O. The third kappa shape index (κ3) is 3.87. The van der Waals surface area contributed by atoms with Crippen molar-refractivity contribution in [1.82, 2.24) is 19.3 Å². The fourth-order valence-electron chi connectivity index (χ4n) is 3.68. The summed E-state index contributed by atoms with van der Waals surface area (Å²) in [5.74, 6) is 0.414. The molecule has 0 radical (unpaired) electrons. The van der Waals surface area contributed by atoms with Crippen LogP contribution < -0.4 is 10.9 Å². The maximum Gasteiger partial charge on any atom is 0.270 e. The Labute approximate surface area is 180 Å². The summed E-state index contributed by atoms with van der Waals surface area (Å²) in [6, 6.07) is 9.15. The van der Waals surface area contributed by atoms with Gasteiger partial charge in [-0.2, -0.15) is 0 Å². The van der Waals surface area contributed by atoms with E-state index < -0.39 is 5.60 Å². The maximum absolute atomic E-state index is 13.2. The predicted molar refractivity (Wildman–Crippen MR) is 118 cm³/mol. The molecule has 1 unspecified atom stereocenters. The van der Waals surface area contributed by atoms with Crippen LogP contribution in [0.25, 0.3) is 11.4 Å². The van der Waals surface area contributed by atoms with Crippen molar-refractivity contribution < 1.29 is 5.11 Å². The molecule has 0 amide bonds. The number of halogens is 1. The zero-order valence-corrected chi connectivity index (χ0v) is 18.1. The predicted octanol–water partition coefficient (Wildman–Crippen LogP) is 3.33. The van der Waals surface area contributed by atoms with Gasteiger partial charge in [0.1, 0.15) is 0 Å². The molecule has 30 heavy (non-hydrogen) atoms. The molecule has 2 aromatic heterocycles. The minimum absolute atomic E-state index is 0.000371. The second-order valence-corrected chi connectivity index (χ2v) is 8.69. The van der Waals surface area contributed by atoms with Crippen LogP contribution >= 0.6 is 11.6 Å². The van der Waals surface area contributed by atoms with Crippen LogP contribution in [0, 0.1) is 0 Å². The molecule has 3 aromatic rings. The van der Waals surface area contributed by atoms with E-state index in [0.29, 0.717) is 35.2 Å². The average Bonchev–Trinajstić information content (AvgIpc) is 3.26. The first-order valence-electron chi connectivity index (χ1n) is 10.1. The minimum atomic E-state index is -0.928. The van der Waals surface area contributed by atoms with Gasteiger partial charge in [0, 0.05) is 30.7 Å². The Kier molecular flexibility index (Phi) is 5.42. The van der Waals surface area contributed by atoms with Gasteiger partial charge in [0.15, 0.2) is 0 Å². The normalized spacial score (nSPS) is 14.6. The number of hydrogen-bond acceptors (Lipinski definition) is 5. The van der Waals surface area contributed by atoms with E-state index in [1.165, 1.54) is 0 Å². The highest BCUT2D eigenvalue weighted by molar-refractivity contribution is 6.31. The number of fused-ring (bicyclic) bond motifs is 1. The Morgan fingerprint density at radius 2 is 1.97 bits per heavy atom. The Morgan fingerprint density at radius 1 is 1.23 bits per heavy atom. The Morgan fingerprint density at radius 3 is 2.70 bits per heavy atom. The van der Waals surface area contributed by atoms with E-state index in [2.05, 4.69) is 15.3 Å².